The highest BCUT2D eigenvalue weighted by Crippen LogP contribution is 2.34. The highest BCUT2D eigenvalue weighted by atomic mass is 35.5. The number of aromatic nitrogens is 4. The van der Waals surface area contributed by atoms with E-state index < -0.39 is 12.0 Å². The van der Waals surface area contributed by atoms with Crippen LogP contribution < -0.4 is 10.9 Å². The number of rotatable bonds is 1. The maximum atomic E-state index is 12.9. The summed E-state index contributed by atoms with van der Waals surface area (Å²) in [6, 6.07) is 3.08. The molecular weight excluding hydrogens is 359 g/mol. The predicted octanol–water partition coefficient (Wildman–Crippen LogP) is 1.79. The molecule has 25 heavy (non-hydrogen) atoms. The van der Waals surface area contributed by atoms with Crippen LogP contribution in [0.1, 0.15) is 23.9 Å². The molecule has 2 atom stereocenters. The topological polar surface area (TPSA) is 64.7 Å². The van der Waals surface area contributed by atoms with E-state index in [0.717, 1.165) is 25.2 Å². The van der Waals surface area contributed by atoms with E-state index in [9.17, 15) is 18.0 Å². The number of hydrogen-bond acceptors (Lipinski definition) is 4. The lowest BCUT2D eigenvalue weighted by molar-refractivity contribution is -0.147. The fourth-order valence-electron chi connectivity index (χ4n) is 3.69. The van der Waals surface area contributed by atoms with Crippen LogP contribution in [0.15, 0.2) is 16.9 Å². The first kappa shape index (κ1) is 17.9. The van der Waals surface area contributed by atoms with Crippen molar-refractivity contribution < 1.29 is 13.2 Å². The summed E-state index contributed by atoms with van der Waals surface area (Å²) in [7, 11) is 1.19. The van der Waals surface area contributed by atoms with E-state index >= 15 is 0 Å². The second kappa shape index (κ2) is 6.14. The van der Waals surface area contributed by atoms with Crippen molar-refractivity contribution in [3.05, 3.63) is 34.0 Å². The minimum atomic E-state index is -4.58. The number of aryl methyl sites for hydroxylation is 1. The highest BCUT2D eigenvalue weighted by Gasteiger charge is 2.37. The average Bonchev–Trinajstić information content (AvgIpc) is 2.91. The van der Waals surface area contributed by atoms with Crippen LogP contribution in [0.5, 0.6) is 0 Å². The molecule has 1 saturated heterocycles. The Kier molecular flexibility index (Phi) is 4.40. The van der Waals surface area contributed by atoms with Gasteiger partial charge >= 0.3 is 6.18 Å². The first-order chi connectivity index (χ1) is 11.3. The minimum Gasteiger partial charge on any atom is -0.316 e. The molecule has 0 radical (unpaired) electrons. The first-order valence-electron chi connectivity index (χ1n) is 7.77. The van der Waals surface area contributed by atoms with Crippen molar-refractivity contribution in [1.29, 1.82) is 0 Å². The summed E-state index contributed by atoms with van der Waals surface area (Å²) in [6.45, 7) is 2.30. The molecule has 0 aliphatic carbocycles. The number of nitrogens with zero attached hydrogens (tertiary/aromatic N) is 4. The van der Waals surface area contributed by atoms with E-state index in [1.54, 1.807) is 10.6 Å². The SMILES string of the molecule is Cl.Cn1nc(-c2cc3n(c(=O)c2)C[C@@H]2CNC[C@H]3C2)nc1C(F)(F)F. The molecular formula is C15H17ClF3N5O. The van der Waals surface area contributed by atoms with Crippen molar-refractivity contribution in [2.75, 3.05) is 13.1 Å². The standard InChI is InChI=1S/C15H16F3N5O.ClH/c1-22-14(15(16,17)18)20-13(21-22)9-3-11-10-2-8(5-19-6-10)7-23(11)12(24)4-9;/h3-4,8,10,19H,2,5-7H2,1H3;1H/t8-,10+;/m0./s1. The van der Waals surface area contributed by atoms with Crippen molar-refractivity contribution in [3.8, 4) is 11.4 Å². The summed E-state index contributed by atoms with van der Waals surface area (Å²) in [6.07, 6.45) is -3.59. The van der Waals surface area contributed by atoms with Gasteiger partial charge in [0.25, 0.3) is 5.56 Å². The number of hydrogen-bond donors (Lipinski definition) is 1. The van der Waals surface area contributed by atoms with Crippen LogP contribution in [0.4, 0.5) is 13.2 Å². The molecule has 0 saturated carbocycles. The van der Waals surface area contributed by atoms with Crippen LogP contribution >= 0.6 is 12.4 Å². The quantitative estimate of drug-likeness (QED) is 0.825. The van der Waals surface area contributed by atoms with Gasteiger partial charge in [-0.1, -0.05) is 0 Å². The molecule has 2 bridgehead atoms. The van der Waals surface area contributed by atoms with E-state index in [2.05, 4.69) is 15.4 Å². The number of fused-ring (bicyclic) bond motifs is 4. The van der Waals surface area contributed by atoms with E-state index in [4.69, 9.17) is 0 Å². The molecule has 0 unspecified atom stereocenters. The minimum absolute atomic E-state index is 0. The maximum Gasteiger partial charge on any atom is 0.451 e. The van der Waals surface area contributed by atoms with Gasteiger partial charge in [0.05, 0.1) is 0 Å². The van der Waals surface area contributed by atoms with Crippen LogP contribution in [0.25, 0.3) is 11.4 Å². The van der Waals surface area contributed by atoms with Gasteiger partial charge in [-0.2, -0.15) is 18.3 Å². The Morgan fingerprint density at radius 2 is 2.04 bits per heavy atom. The molecule has 2 aromatic heterocycles. The molecule has 10 heteroatoms. The fourth-order valence-corrected chi connectivity index (χ4v) is 3.69. The molecule has 1 N–H and O–H groups in total. The van der Waals surface area contributed by atoms with Gasteiger partial charge in [0.2, 0.25) is 5.82 Å². The molecule has 2 aliphatic heterocycles. The van der Waals surface area contributed by atoms with Crippen LogP contribution in [0.3, 0.4) is 0 Å². The molecule has 136 valence electrons. The van der Waals surface area contributed by atoms with Crippen molar-refractivity contribution >= 4 is 12.4 Å². The van der Waals surface area contributed by atoms with Crippen molar-refractivity contribution in [2.45, 2.75) is 25.1 Å². The van der Waals surface area contributed by atoms with Gasteiger partial charge in [-0.25, -0.2) is 9.67 Å². The van der Waals surface area contributed by atoms with E-state index in [0.29, 0.717) is 22.7 Å². The Morgan fingerprint density at radius 1 is 1.28 bits per heavy atom. The van der Waals surface area contributed by atoms with Gasteiger partial charge in [0.15, 0.2) is 5.82 Å². The Labute approximate surface area is 147 Å². The molecule has 0 spiro atoms. The second-order valence-electron chi connectivity index (χ2n) is 6.46. The summed E-state index contributed by atoms with van der Waals surface area (Å²) in [5.41, 5.74) is 0.975. The van der Waals surface area contributed by atoms with Crippen LogP contribution in [0, 0.1) is 5.92 Å². The lowest BCUT2D eigenvalue weighted by Gasteiger charge is -2.37. The Morgan fingerprint density at radius 3 is 2.72 bits per heavy atom. The third-order valence-electron chi connectivity index (χ3n) is 4.74. The number of alkyl halides is 3. The average molecular weight is 376 g/mol. The largest absolute Gasteiger partial charge is 0.451 e. The third-order valence-corrected chi connectivity index (χ3v) is 4.74. The monoisotopic (exact) mass is 375 g/mol. The molecule has 2 aromatic rings. The van der Waals surface area contributed by atoms with Crippen molar-refractivity contribution in [1.82, 2.24) is 24.6 Å². The van der Waals surface area contributed by atoms with Crippen LogP contribution in [-0.2, 0) is 19.8 Å². The van der Waals surface area contributed by atoms with Gasteiger partial charge in [-0.3, -0.25) is 4.79 Å². The molecule has 4 heterocycles. The van der Waals surface area contributed by atoms with Gasteiger partial charge < -0.3 is 9.88 Å². The lowest BCUT2D eigenvalue weighted by atomic mass is 9.84. The van der Waals surface area contributed by atoms with E-state index in [-0.39, 0.29) is 29.7 Å². The van der Waals surface area contributed by atoms with Crippen molar-refractivity contribution in [2.24, 2.45) is 13.0 Å². The summed E-state index contributed by atoms with van der Waals surface area (Å²) < 4.78 is 41.1. The number of pyridine rings is 1. The smallest absolute Gasteiger partial charge is 0.316 e. The second-order valence-corrected chi connectivity index (χ2v) is 6.46. The first-order valence-corrected chi connectivity index (χ1v) is 7.77. The third kappa shape index (κ3) is 3.06. The van der Waals surface area contributed by atoms with Crippen LogP contribution in [0.2, 0.25) is 0 Å². The van der Waals surface area contributed by atoms with Crippen molar-refractivity contribution in [3.63, 3.8) is 0 Å². The normalized spacial score (nSPS) is 22.2. The van der Waals surface area contributed by atoms with Gasteiger partial charge in [-0.05, 0) is 24.9 Å². The molecule has 0 aromatic carbocycles. The predicted molar refractivity (Wildman–Crippen MR) is 86.7 cm³/mol. The maximum absolute atomic E-state index is 12.9. The zero-order valence-electron chi connectivity index (χ0n) is 13.4. The van der Waals surface area contributed by atoms with Crippen LogP contribution in [-0.4, -0.2) is 32.4 Å². The summed E-state index contributed by atoms with van der Waals surface area (Å²) in [5.74, 6) is -0.536. The number of halogens is 4. The van der Waals surface area contributed by atoms with E-state index in [1.165, 1.54) is 13.1 Å². The van der Waals surface area contributed by atoms with E-state index in [1.807, 2.05) is 0 Å². The zero-order chi connectivity index (χ0) is 17.1. The molecule has 6 nitrogen and oxygen atoms in total. The fraction of sp³-hybridized carbons (Fsp3) is 0.533. The Hall–Kier alpha value is -1.87. The molecule has 0 amide bonds. The van der Waals surface area contributed by atoms with Gasteiger partial charge in [0.1, 0.15) is 0 Å². The summed E-state index contributed by atoms with van der Waals surface area (Å²) in [5, 5.41) is 7.18. The molecule has 1 fully saturated rings. The number of nitrogens with one attached hydrogen (secondary N) is 1. The summed E-state index contributed by atoms with van der Waals surface area (Å²) in [4.78, 5) is 16.0. The Balaban J connectivity index is 0.00000182. The molecule has 2 aliphatic rings. The molecule has 4 rings (SSSR count). The zero-order valence-corrected chi connectivity index (χ0v) is 14.2. The number of piperidine rings is 1. The van der Waals surface area contributed by atoms with Gasteiger partial charge in [0, 0.05) is 43.4 Å². The van der Waals surface area contributed by atoms with Gasteiger partial charge in [-0.15, -0.1) is 12.4 Å². The summed E-state index contributed by atoms with van der Waals surface area (Å²) >= 11 is 0. The lowest BCUT2D eigenvalue weighted by Crippen LogP contribution is -2.44. The Bertz CT molecular complexity index is 860. The highest BCUT2D eigenvalue weighted by molar-refractivity contribution is 5.85.